The molecule has 3 aliphatic rings. The van der Waals surface area contributed by atoms with Crippen molar-refractivity contribution in [3.8, 4) is 28.4 Å². The van der Waals surface area contributed by atoms with E-state index < -0.39 is 5.41 Å². The molecule has 0 amide bonds. The number of hydrogen-bond acceptors (Lipinski definition) is 6. The number of esters is 1. The number of hydrogen-bond donors (Lipinski definition) is 0. The number of ether oxygens (including phenoxy) is 4. The molecule has 0 spiro atoms. The van der Waals surface area contributed by atoms with Crippen molar-refractivity contribution in [2.75, 3.05) is 20.8 Å². The van der Waals surface area contributed by atoms with Gasteiger partial charge in [0.05, 0.1) is 14.2 Å². The summed E-state index contributed by atoms with van der Waals surface area (Å²) in [6.45, 7) is 0.235. The molecule has 2 fully saturated rings. The standard InChI is InChI=1S/C30H36O6/c1-33-26-15-13-24(21-10-12-23-20(18-21)11-14-25(23)31)27(28(26)34-2)35-19-30(16-7-17-30)29(32)36-22-8-5-3-4-6-9-22/h10,12-13,15,18,22H,3-9,11,14,16-17,19H2,1-2H3. The highest BCUT2D eigenvalue weighted by molar-refractivity contribution is 6.01. The van der Waals surface area contributed by atoms with Crippen molar-refractivity contribution < 1.29 is 28.5 Å². The Morgan fingerprint density at radius 3 is 2.31 bits per heavy atom. The normalized spacial score (nSPS) is 19.1. The minimum atomic E-state index is -0.623. The minimum absolute atomic E-state index is 0.0218. The Morgan fingerprint density at radius 2 is 1.64 bits per heavy atom. The number of Topliss-reactive ketones (excluding diaryl/α,β-unsaturated/α-hetero) is 1. The zero-order chi connectivity index (χ0) is 25.1. The van der Waals surface area contributed by atoms with Crippen molar-refractivity contribution in [3.63, 3.8) is 0 Å². The van der Waals surface area contributed by atoms with Crippen molar-refractivity contribution in [2.24, 2.45) is 5.41 Å². The molecule has 36 heavy (non-hydrogen) atoms. The predicted octanol–water partition coefficient (Wildman–Crippen LogP) is 6.31. The molecule has 0 heterocycles. The van der Waals surface area contributed by atoms with Crippen LogP contribution in [0.4, 0.5) is 0 Å². The molecule has 0 aromatic heterocycles. The number of methoxy groups -OCH3 is 2. The topological polar surface area (TPSA) is 71.1 Å². The molecule has 192 valence electrons. The first-order chi connectivity index (χ1) is 17.5. The smallest absolute Gasteiger partial charge is 0.315 e. The molecule has 0 aliphatic heterocycles. The van der Waals surface area contributed by atoms with Gasteiger partial charge in [-0.3, -0.25) is 9.59 Å². The summed E-state index contributed by atoms with van der Waals surface area (Å²) in [5.41, 5.74) is 3.03. The Morgan fingerprint density at radius 1 is 0.889 bits per heavy atom. The first-order valence-corrected chi connectivity index (χ1v) is 13.3. The molecule has 0 atom stereocenters. The van der Waals surface area contributed by atoms with Crippen LogP contribution >= 0.6 is 0 Å². The van der Waals surface area contributed by atoms with Crippen LogP contribution in [0.3, 0.4) is 0 Å². The zero-order valence-corrected chi connectivity index (χ0v) is 21.4. The fourth-order valence-corrected chi connectivity index (χ4v) is 5.75. The molecule has 3 aliphatic carbocycles. The number of benzene rings is 2. The molecule has 2 aromatic rings. The molecule has 2 aromatic carbocycles. The number of carbonyl (C=O) groups is 2. The minimum Gasteiger partial charge on any atom is -0.493 e. The quantitative estimate of drug-likeness (QED) is 0.317. The van der Waals surface area contributed by atoms with Crippen molar-refractivity contribution in [3.05, 3.63) is 41.5 Å². The van der Waals surface area contributed by atoms with Gasteiger partial charge in [-0.1, -0.05) is 37.5 Å². The van der Waals surface area contributed by atoms with Crippen LogP contribution in [0.2, 0.25) is 0 Å². The maximum atomic E-state index is 13.4. The molecule has 2 saturated carbocycles. The Labute approximate surface area is 213 Å². The Kier molecular flexibility index (Phi) is 7.22. The molecule has 0 bridgehead atoms. The third kappa shape index (κ3) is 4.70. The monoisotopic (exact) mass is 492 g/mol. The molecule has 0 radical (unpaired) electrons. The van der Waals surface area contributed by atoms with Gasteiger partial charge in [-0.2, -0.15) is 0 Å². The van der Waals surface area contributed by atoms with Gasteiger partial charge in [0.2, 0.25) is 5.75 Å². The molecule has 0 unspecified atom stereocenters. The van der Waals surface area contributed by atoms with Crippen LogP contribution in [0.1, 0.15) is 80.1 Å². The first kappa shape index (κ1) is 24.7. The van der Waals surface area contributed by atoms with E-state index in [9.17, 15) is 9.59 Å². The van der Waals surface area contributed by atoms with Crippen molar-refractivity contribution in [1.29, 1.82) is 0 Å². The van der Waals surface area contributed by atoms with E-state index in [1.165, 1.54) is 12.8 Å². The van der Waals surface area contributed by atoms with Crippen molar-refractivity contribution in [1.82, 2.24) is 0 Å². The largest absolute Gasteiger partial charge is 0.493 e. The lowest BCUT2D eigenvalue weighted by molar-refractivity contribution is -0.170. The predicted molar refractivity (Wildman–Crippen MR) is 137 cm³/mol. The maximum Gasteiger partial charge on any atom is 0.315 e. The van der Waals surface area contributed by atoms with E-state index in [1.54, 1.807) is 14.2 Å². The second-order valence-corrected chi connectivity index (χ2v) is 10.4. The first-order valence-electron chi connectivity index (χ1n) is 13.3. The molecule has 0 N–H and O–H groups in total. The van der Waals surface area contributed by atoms with Crippen LogP contribution < -0.4 is 14.2 Å². The van der Waals surface area contributed by atoms with E-state index in [2.05, 4.69) is 6.07 Å². The summed E-state index contributed by atoms with van der Waals surface area (Å²) < 4.78 is 23.8. The molecule has 6 heteroatoms. The summed E-state index contributed by atoms with van der Waals surface area (Å²) in [4.78, 5) is 25.5. The van der Waals surface area contributed by atoms with Gasteiger partial charge in [-0.05, 0) is 68.2 Å². The van der Waals surface area contributed by atoms with E-state index in [1.807, 2.05) is 24.3 Å². The summed E-state index contributed by atoms with van der Waals surface area (Å²) in [5, 5.41) is 0. The van der Waals surface area contributed by atoms with Crippen LogP contribution in [0, 0.1) is 5.41 Å². The van der Waals surface area contributed by atoms with Gasteiger partial charge in [0.25, 0.3) is 0 Å². The summed E-state index contributed by atoms with van der Waals surface area (Å²) in [7, 11) is 3.19. The number of carbonyl (C=O) groups excluding carboxylic acids is 2. The molecule has 5 rings (SSSR count). The van der Waals surface area contributed by atoms with E-state index >= 15 is 0 Å². The molecular formula is C30H36O6. The van der Waals surface area contributed by atoms with E-state index in [4.69, 9.17) is 18.9 Å². The lowest BCUT2D eigenvalue weighted by Gasteiger charge is -2.40. The summed E-state index contributed by atoms with van der Waals surface area (Å²) in [5.74, 6) is 1.68. The van der Waals surface area contributed by atoms with Crippen LogP contribution in [0.5, 0.6) is 17.2 Å². The van der Waals surface area contributed by atoms with E-state index in [0.29, 0.717) is 23.7 Å². The van der Waals surface area contributed by atoms with Gasteiger partial charge < -0.3 is 18.9 Å². The van der Waals surface area contributed by atoms with Gasteiger partial charge in [0.1, 0.15) is 18.1 Å². The second-order valence-electron chi connectivity index (χ2n) is 10.4. The van der Waals surface area contributed by atoms with Gasteiger partial charge >= 0.3 is 5.97 Å². The lowest BCUT2D eigenvalue weighted by atomic mass is 9.69. The van der Waals surface area contributed by atoms with Crippen LogP contribution in [0.15, 0.2) is 30.3 Å². The number of fused-ring (bicyclic) bond motifs is 1. The third-order valence-corrected chi connectivity index (χ3v) is 8.15. The number of rotatable bonds is 8. The number of ketones is 1. The highest BCUT2D eigenvalue weighted by Crippen LogP contribution is 2.48. The zero-order valence-electron chi connectivity index (χ0n) is 21.4. The van der Waals surface area contributed by atoms with Gasteiger partial charge in [-0.25, -0.2) is 0 Å². The maximum absolute atomic E-state index is 13.4. The highest BCUT2D eigenvalue weighted by atomic mass is 16.6. The Hall–Kier alpha value is -3.02. The SMILES string of the molecule is COc1ccc(-c2ccc3c(c2)CCC3=O)c(OCC2(C(=O)OC3CCCCCC3)CCC2)c1OC. The van der Waals surface area contributed by atoms with E-state index in [-0.39, 0.29) is 24.5 Å². The fraction of sp³-hybridized carbons (Fsp3) is 0.533. The molecule has 0 saturated heterocycles. The number of aryl methyl sites for hydroxylation is 1. The molecular weight excluding hydrogens is 456 g/mol. The summed E-state index contributed by atoms with van der Waals surface area (Å²) in [6.07, 6.45) is 10.4. The summed E-state index contributed by atoms with van der Waals surface area (Å²) >= 11 is 0. The van der Waals surface area contributed by atoms with Crippen molar-refractivity contribution >= 4 is 11.8 Å². The lowest BCUT2D eigenvalue weighted by Crippen LogP contribution is -2.45. The van der Waals surface area contributed by atoms with Gasteiger partial charge in [0.15, 0.2) is 17.3 Å². The van der Waals surface area contributed by atoms with Crippen molar-refractivity contribution in [2.45, 2.75) is 76.7 Å². The summed E-state index contributed by atoms with van der Waals surface area (Å²) in [6, 6.07) is 9.73. The van der Waals surface area contributed by atoms with Crippen LogP contribution in [0.25, 0.3) is 11.1 Å². The Bertz CT molecular complexity index is 1120. The van der Waals surface area contributed by atoms with Gasteiger partial charge in [0, 0.05) is 17.5 Å². The van der Waals surface area contributed by atoms with Gasteiger partial charge in [-0.15, -0.1) is 0 Å². The van der Waals surface area contributed by atoms with E-state index in [0.717, 1.165) is 73.6 Å². The third-order valence-electron chi connectivity index (χ3n) is 8.15. The average Bonchev–Trinajstić information content (AvgIpc) is 3.05. The second kappa shape index (κ2) is 10.5. The van der Waals surface area contributed by atoms with Crippen LogP contribution in [-0.4, -0.2) is 38.7 Å². The average molecular weight is 493 g/mol. The Balaban J connectivity index is 1.42. The van der Waals surface area contributed by atoms with Crippen LogP contribution in [-0.2, 0) is 16.0 Å². The fourth-order valence-electron chi connectivity index (χ4n) is 5.75. The molecule has 6 nitrogen and oxygen atoms in total. The highest BCUT2D eigenvalue weighted by Gasteiger charge is 2.47.